The molecule has 1 aliphatic carbocycles. The van der Waals surface area contributed by atoms with Crippen LogP contribution in [0, 0.1) is 10.4 Å². The van der Waals surface area contributed by atoms with Gasteiger partial charge in [0.2, 0.25) is 5.69 Å². The number of aromatic nitrogens is 5. The molecule has 3 aromatic carbocycles. The SMILES string of the molecule is COc1ccc(S(=O)(=O)Nc2cccc(NC(=O)c3ccccc3-n3nc4c([n+]3[O-])CCc3c-4no[n+]3[O-])c2)cc1OC. The third-order valence-corrected chi connectivity index (χ3v) is 8.18. The van der Waals surface area contributed by atoms with Gasteiger partial charge in [0, 0.05) is 24.6 Å². The van der Waals surface area contributed by atoms with Crippen LogP contribution in [-0.4, -0.2) is 43.6 Å². The number of sulfonamides is 1. The molecule has 0 atom stereocenters. The van der Waals surface area contributed by atoms with Crippen molar-refractivity contribution < 1.29 is 37.1 Å². The van der Waals surface area contributed by atoms with E-state index in [4.69, 9.17) is 9.47 Å². The predicted octanol–water partition coefficient (Wildman–Crippen LogP) is 1.96. The molecular formula is C27H23N7O8S. The fourth-order valence-electron chi connectivity index (χ4n) is 4.74. The standard InChI is InChI=1S/C27H23N7O8S/c1-40-23-13-10-18(15-24(23)41-2)43(38,39)31-17-7-5-6-16(14-17)28-27(35)19-8-3-4-9-20(19)32-29-25-21(33(32)36)11-12-22-26(25)30-42-34(22)37/h3-10,13-15,31H,11-12H2,1-2H3,(H,28,35). The second-order valence-corrected chi connectivity index (χ2v) is 11.0. The number of rotatable bonds is 8. The molecule has 2 heterocycles. The summed E-state index contributed by atoms with van der Waals surface area (Å²) in [5.74, 6) is 0.0456. The monoisotopic (exact) mass is 605 g/mol. The zero-order chi connectivity index (χ0) is 30.3. The predicted molar refractivity (Wildman–Crippen MR) is 149 cm³/mol. The van der Waals surface area contributed by atoms with Crippen LogP contribution < -0.4 is 29.3 Å². The van der Waals surface area contributed by atoms with E-state index in [0.717, 1.165) is 4.80 Å². The van der Waals surface area contributed by atoms with Crippen molar-refractivity contribution in [2.24, 2.45) is 0 Å². The van der Waals surface area contributed by atoms with Gasteiger partial charge in [-0.3, -0.25) is 14.1 Å². The van der Waals surface area contributed by atoms with Crippen molar-refractivity contribution in [3.8, 4) is 28.6 Å². The summed E-state index contributed by atoms with van der Waals surface area (Å²) >= 11 is 0. The van der Waals surface area contributed by atoms with Gasteiger partial charge in [0.05, 0.1) is 40.6 Å². The number of hydrogen-bond donors (Lipinski definition) is 2. The molecule has 0 bridgehead atoms. The fourth-order valence-corrected chi connectivity index (χ4v) is 5.80. The first kappa shape index (κ1) is 27.5. The lowest BCUT2D eigenvalue weighted by atomic mass is 10.0. The van der Waals surface area contributed by atoms with Crippen molar-refractivity contribution in [1.29, 1.82) is 0 Å². The fraction of sp³-hybridized carbons (Fsp3) is 0.148. The average molecular weight is 606 g/mol. The topological polar surface area (TPSA) is 191 Å². The lowest BCUT2D eigenvalue weighted by molar-refractivity contribution is -0.808. The molecule has 16 heteroatoms. The van der Waals surface area contributed by atoms with E-state index in [-0.39, 0.29) is 73.8 Å². The number of nitrogens with zero attached hydrogens (tertiary/aromatic N) is 5. The van der Waals surface area contributed by atoms with Gasteiger partial charge in [-0.2, -0.15) is 0 Å². The smallest absolute Gasteiger partial charge is 0.303 e. The molecule has 0 aliphatic heterocycles. The first-order valence-electron chi connectivity index (χ1n) is 12.8. The minimum absolute atomic E-state index is 0.0517. The summed E-state index contributed by atoms with van der Waals surface area (Å²) in [6, 6.07) is 16.7. The van der Waals surface area contributed by atoms with E-state index in [9.17, 15) is 23.6 Å². The molecule has 1 amide bonds. The molecule has 6 rings (SSSR count). The Labute approximate surface area is 244 Å². The molecular weight excluding hydrogens is 582 g/mol. The molecule has 2 N–H and O–H groups in total. The van der Waals surface area contributed by atoms with Crippen molar-refractivity contribution in [2.75, 3.05) is 24.3 Å². The normalized spacial score (nSPS) is 12.2. The Hall–Kier alpha value is -5.64. The Balaban J connectivity index is 1.26. The number of anilines is 2. The summed E-state index contributed by atoms with van der Waals surface area (Å²) < 4.78 is 43.6. The summed E-state index contributed by atoms with van der Waals surface area (Å²) in [7, 11) is -1.17. The number of para-hydroxylation sites is 1. The lowest BCUT2D eigenvalue weighted by Crippen LogP contribution is -2.42. The van der Waals surface area contributed by atoms with Crippen molar-refractivity contribution in [2.45, 2.75) is 17.7 Å². The number of nitrogens with one attached hydrogen (secondary N) is 2. The quantitative estimate of drug-likeness (QED) is 0.195. The van der Waals surface area contributed by atoms with Crippen LogP contribution in [0.5, 0.6) is 11.5 Å². The number of benzene rings is 3. The Morgan fingerprint density at radius 3 is 2.47 bits per heavy atom. The highest BCUT2D eigenvalue weighted by atomic mass is 32.2. The average Bonchev–Trinajstić information content (AvgIpc) is 3.56. The highest BCUT2D eigenvalue weighted by Gasteiger charge is 2.39. The number of carbonyl (C=O) groups is 1. The molecule has 15 nitrogen and oxygen atoms in total. The zero-order valence-electron chi connectivity index (χ0n) is 22.7. The van der Waals surface area contributed by atoms with E-state index in [1.54, 1.807) is 30.3 Å². The van der Waals surface area contributed by atoms with Gasteiger partial charge in [0.15, 0.2) is 17.2 Å². The van der Waals surface area contributed by atoms with Crippen molar-refractivity contribution >= 4 is 27.3 Å². The molecule has 0 saturated carbocycles. The number of fused-ring (bicyclic) bond motifs is 3. The van der Waals surface area contributed by atoms with Gasteiger partial charge in [-0.1, -0.05) is 18.2 Å². The van der Waals surface area contributed by atoms with E-state index < -0.39 is 15.9 Å². The van der Waals surface area contributed by atoms with E-state index in [1.807, 2.05) is 0 Å². The molecule has 0 spiro atoms. The minimum atomic E-state index is -4.02. The molecule has 1 aliphatic rings. The zero-order valence-corrected chi connectivity index (χ0v) is 23.5. The van der Waals surface area contributed by atoms with E-state index in [1.165, 1.54) is 50.6 Å². The molecule has 5 aromatic rings. The third-order valence-electron chi connectivity index (χ3n) is 6.80. The number of ether oxygens (including phenoxy) is 2. The van der Waals surface area contributed by atoms with Crippen LogP contribution >= 0.6 is 0 Å². The molecule has 43 heavy (non-hydrogen) atoms. The van der Waals surface area contributed by atoms with Crippen LogP contribution in [0.25, 0.3) is 17.1 Å². The van der Waals surface area contributed by atoms with Gasteiger partial charge in [0.1, 0.15) is 5.69 Å². The second-order valence-electron chi connectivity index (χ2n) is 9.36. The summed E-state index contributed by atoms with van der Waals surface area (Å²) in [6.07, 6.45) is 0.479. The molecule has 0 saturated heterocycles. The molecule has 220 valence electrons. The van der Waals surface area contributed by atoms with Crippen LogP contribution in [0.4, 0.5) is 11.4 Å². The van der Waals surface area contributed by atoms with Gasteiger partial charge in [0.25, 0.3) is 15.9 Å². The molecule has 0 radical (unpaired) electrons. The maximum Gasteiger partial charge on any atom is 0.303 e. The Morgan fingerprint density at radius 1 is 0.930 bits per heavy atom. The van der Waals surface area contributed by atoms with E-state index in [2.05, 4.69) is 24.9 Å². The van der Waals surface area contributed by atoms with Crippen LogP contribution in [0.2, 0.25) is 0 Å². The lowest BCUT2D eigenvalue weighted by Gasteiger charge is -2.13. The number of amides is 1. The summed E-state index contributed by atoms with van der Waals surface area (Å²) in [5, 5.41) is 35.9. The molecule has 0 fully saturated rings. The number of methoxy groups -OCH3 is 2. The molecule has 2 aromatic heterocycles. The maximum atomic E-state index is 13.4. The van der Waals surface area contributed by atoms with Gasteiger partial charge in [-0.25, -0.2) is 8.42 Å². The van der Waals surface area contributed by atoms with Crippen LogP contribution in [0.3, 0.4) is 0 Å². The Morgan fingerprint density at radius 2 is 1.67 bits per heavy atom. The van der Waals surface area contributed by atoms with Gasteiger partial charge in [-0.05, 0) is 52.2 Å². The van der Waals surface area contributed by atoms with Crippen LogP contribution in [-0.2, 0) is 22.9 Å². The van der Waals surface area contributed by atoms with Crippen molar-refractivity contribution in [3.05, 3.63) is 94.1 Å². The third kappa shape index (κ3) is 4.93. The first-order valence-corrected chi connectivity index (χ1v) is 14.2. The highest BCUT2D eigenvalue weighted by Crippen LogP contribution is 2.31. The maximum absolute atomic E-state index is 13.4. The summed E-state index contributed by atoms with van der Waals surface area (Å²) in [5.41, 5.74) is 1.69. The van der Waals surface area contributed by atoms with Gasteiger partial charge < -0.3 is 25.2 Å². The van der Waals surface area contributed by atoms with E-state index >= 15 is 0 Å². The Bertz CT molecular complexity index is 1990. The second kappa shape index (κ2) is 10.6. The first-order chi connectivity index (χ1) is 20.7. The number of carbonyl (C=O) groups excluding carboxylic acids is 1. The summed E-state index contributed by atoms with van der Waals surface area (Å²) in [4.78, 5) is 15.2. The largest absolute Gasteiger partial charge is 0.692 e. The van der Waals surface area contributed by atoms with Crippen molar-refractivity contribution in [3.63, 3.8) is 0 Å². The minimum Gasteiger partial charge on any atom is -0.692 e. The van der Waals surface area contributed by atoms with Gasteiger partial charge in [-0.15, -0.1) is 4.85 Å². The van der Waals surface area contributed by atoms with E-state index in [0.29, 0.717) is 10.6 Å². The van der Waals surface area contributed by atoms with Crippen LogP contribution in [0.15, 0.2) is 76.3 Å². The highest BCUT2D eigenvalue weighted by molar-refractivity contribution is 7.92. The summed E-state index contributed by atoms with van der Waals surface area (Å²) in [6.45, 7) is 0. The Kier molecular flexibility index (Phi) is 6.81. The van der Waals surface area contributed by atoms with Crippen LogP contribution in [0.1, 0.15) is 21.7 Å². The van der Waals surface area contributed by atoms with Gasteiger partial charge >= 0.3 is 11.4 Å². The van der Waals surface area contributed by atoms with Crippen molar-refractivity contribution in [1.82, 2.24) is 15.1 Å². The molecule has 0 unspecified atom stereocenters. The number of hydrogen-bond acceptors (Lipinski definition) is 10.